The maximum Gasteiger partial charge on any atom is 0.329 e. The Morgan fingerprint density at radius 3 is 2.00 bits per heavy atom. The van der Waals surface area contributed by atoms with Gasteiger partial charge in [-0.3, -0.25) is 9.59 Å². The number of ether oxygens (including phenoxy) is 2. The van der Waals surface area contributed by atoms with Crippen molar-refractivity contribution in [2.75, 3.05) is 19.1 Å². The van der Waals surface area contributed by atoms with Crippen molar-refractivity contribution in [3.05, 3.63) is 0 Å². The highest BCUT2D eigenvalue weighted by atomic mass is 35.5. The fourth-order valence-electron chi connectivity index (χ4n) is 1.41. The number of esters is 2. The highest BCUT2D eigenvalue weighted by molar-refractivity contribution is 6.20. The van der Waals surface area contributed by atoms with Crippen LogP contribution in [-0.2, 0) is 23.9 Å². The average molecular weight is 343 g/mol. The van der Waals surface area contributed by atoms with Crippen LogP contribution in [0.5, 0.6) is 0 Å². The summed E-state index contributed by atoms with van der Waals surface area (Å²) in [6, 6.07) is -1.71. The second kappa shape index (κ2) is 11.6. The first-order valence-corrected chi connectivity index (χ1v) is 7.46. The Morgan fingerprint density at radius 1 is 1.05 bits per heavy atom. The van der Waals surface area contributed by atoms with Crippen LogP contribution in [0.3, 0.4) is 0 Å². The summed E-state index contributed by atoms with van der Waals surface area (Å²) >= 11 is 11.0. The number of nitrogens with one attached hydrogen (secondary N) is 2. The van der Waals surface area contributed by atoms with Gasteiger partial charge in [0.05, 0.1) is 19.1 Å². The zero-order valence-electron chi connectivity index (χ0n) is 12.0. The van der Waals surface area contributed by atoms with Gasteiger partial charge in [-0.05, 0) is 32.0 Å². The number of carbonyl (C=O) groups is 3. The third-order valence-electron chi connectivity index (χ3n) is 2.42. The Kier molecular flexibility index (Phi) is 11.0. The van der Waals surface area contributed by atoms with Crippen LogP contribution in [0, 0.1) is 0 Å². The molecule has 0 aliphatic heterocycles. The van der Waals surface area contributed by atoms with Gasteiger partial charge >= 0.3 is 11.9 Å². The van der Waals surface area contributed by atoms with E-state index in [9.17, 15) is 14.4 Å². The predicted octanol–water partition coefficient (Wildman–Crippen LogP) is 0.728. The molecular weight excluding hydrogens is 323 g/mol. The highest BCUT2D eigenvalue weighted by Gasteiger charge is 2.23. The zero-order chi connectivity index (χ0) is 16.3. The summed E-state index contributed by atoms with van der Waals surface area (Å²) in [5, 5.41) is 2.43. The number of hydrogen-bond donors (Lipinski definition) is 2. The topological polar surface area (TPSA) is 93.7 Å². The molecule has 2 N–H and O–H groups in total. The maximum atomic E-state index is 11.7. The Balaban J connectivity index is 4.28. The molecule has 0 aromatic heterocycles. The average Bonchev–Trinajstić information content (AvgIpc) is 2.45. The van der Waals surface area contributed by atoms with Gasteiger partial charge in [0, 0.05) is 6.42 Å². The van der Waals surface area contributed by atoms with Crippen LogP contribution in [0.25, 0.3) is 0 Å². The highest BCUT2D eigenvalue weighted by Crippen LogP contribution is 2.03. The molecule has 0 aliphatic rings. The van der Waals surface area contributed by atoms with Gasteiger partial charge < -0.3 is 14.8 Å². The van der Waals surface area contributed by atoms with Crippen LogP contribution >= 0.6 is 23.4 Å². The molecule has 1 amide bonds. The van der Waals surface area contributed by atoms with Crippen LogP contribution in [-0.4, -0.2) is 49.0 Å². The Bertz CT molecular complexity index is 355. The van der Waals surface area contributed by atoms with Crippen LogP contribution < -0.4 is 10.2 Å². The summed E-state index contributed by atoms with van der Waals surface area (Å²) in [5.74, 6) is -1.67. The number of rotatable bonds is 10. The molecule has 0 fully saturated rings. The molecule has 0 aromatic carbocycles. The molecule has 122 valence electrons. The summed E-state index contributed by atoms with van der Waals surface area (Å²) in [7, 11) is 0. The van der Waals surface area contributed by atoms with E-state index in [4.69, 9.17) is 32.9 Å². The standard InChI is InChI=1S/C12H20Cl2N2O5/c1-3-20-11(18)8(16-14)5-6-10(17)15-9(7-13)12(19)21-4-2/h8-9,16H,3-7H2,1-2H3,(H,15,17)/t8-,9-/m0/s1. The zero-order valence-corrected chi connectivity index (χ0v) is 13.5. The van der Waals surface area contributed by atoms with Crippen molar-refractivity contribution in [2.24, 2.45) is 0 Å². The van der Waals surface area contributed by atoms with Gasteiger partial charge in [0.15, 0.2) is 0 Å². The number of amides is 1. The summed E-state index contributed by atoms with van der Waals surface area (Å²) in [6.45, 7) is 3.74. The van der Waals surface area contributed by atoms with E-state index < -0.39 is 29.9 Å². The molecule has 0 aliphatic carbocycles. The lowest BCUT2D eigenvalue weighted by Gasteiger charge is -2.16. The van der Waals surface area contributed by atoms with Gasteiger partial charge in [0.25, 0.3) is 0 Å². The summed E-state index contributed by atoms with van der Waals surface area (Å²) in [4.78, 5) is 36.9. The van der Waals surface area contributed by atoms with Crippen LogP contribution in [0.1, 0.15) is 26.7 Å². The molecule has 0 bridgehead atoms. The van der Waals surface area contributed by atoms with Gasteiger partial charge in [-0.2, -0.15) is 0 Å². The Hall–Kier alpha value is -1.05. The lowest BCUT2D eigenvalue weighted by atomic mass is 10.1. The fraction of sp³-hybridized carbons (Fsp3) is 0.750. The van der Waals surface area contributed by atoms with Gasteiger partial charge in [0.1, 0.15) is 12.1 Å². The summed E-state index contributed by atoms with van der Waals surface area (Å²) in [5.41, 5.74) is 0. The van der Waals surface area contributed by atoms with Crippen LogP contribution in [0.15, 0.2) is 0 Å². The molecule has 0 spiro atoms. The van der Waals surface area contributed by atoms with E-state index in [1.807, 2.05) is 0 Å². The number of alkyl halides is 1. The maximum absolute atomic E-state index is 11.7. The van der Waals surface area contributed by atoms with E-state index >= 15 is 0 Å². The van der Waals surface area contributed by atoms with Crippen molar-refractivity contribution < 1.29 is 23.9 Å². The molecule has 0 aromatic rings. The first-order chi connectivity index (χ1) is 9.99. The normalized spacial score (nSPS) is 13.1. The van der Waals surface area contributed by atoms with Crippen molar-refractivity contribution >= 4 is 41.2 Å². The number of hydrogen-bond acceptors (Lipinski definition) is 6. The summed E-state index contributed by atoms with van der Waals surface area (Å²) in [6.07, 6.45) is 0.113. The Morgan fingerprint density at radius 2 is 1.57 bits per heavy atom. The molecule has 0 rings (SSSR count). The van der Waals surface area contributed by atoms with Gasteiger partial charge in [-0.1, -0.05) is 0 Å². The molecule has 0 saturated carbocycles. The minimum Gasteiger partial charge on any atom is -0.465 e. The minimum atomic E-state index is -0.913. The first kappa shape index (κ1) is 19.9. The second-order valence-corrected chi connectivity index (χ2v) is 4.51. The van der Waals surface area contributed by atoms with Crippen molar-refractivity contribution in [1.82, 2.24) is 10.2 Å². The second-order valence-electron chi connectivity index (χ2n) is 3.98. The molecule has 7 nitrogen and oxygen atoms in total. The third-order valence-corrected chi connectivity index (χ3v) is 3.00. The van der Waals surface area contributed by atoms with Gasteiger partial charge in [-0.25, -0.2) is 9.63 Å². The van der Waals surface area contributed by atoms with E-state index in [0.29, 0.717) is 0 Å². The predicted molar refractivity (Wildman–Crippen MR) is 77.9 cm³/mol. The third kappa shape index (κ3) is 8.08. The van der Waals surface area contributed by atoms with Crippen molar-refractivity contribution in [3.8, 4) is 0 Å². The molecule has 0 unspecified atom stereocenters. The van der Waals surface area contributed by atoms with Crippen molar-refractivity contribution in [2.45, 2.75) is 38.8 Å². The summed E-state index contributed by atoms with van der Waals surface area (Å²) < 4.78 is 9.55. The lowest BCUT2D eigenvalue weighted by molar-refractivity contribution is -0.147. The number of carbonyl (C=O) groups excluding carboxylic acids is 3. The smallest absolute Gasteiger partial charge is 0.329 e. The van der Waals surface area contributed by atoms with E-state index in [-0.39, 0.29) is 31.9 Å². The molecule has 21 heavy (non-hydrogen) atoms. The minimum absolute atomic E-state index is 0.0179. The molecule has 9 heteroatoms. The Labute approximate surface area is 133 Å². The first-order valence-electron chi connectivity index (χ1n) is 6.54. The quantitative estimate of drug-likeness (QED) is 0.345. The molecular formula is C12H20Cl2N2O5. The largest absolute Gasteiger partial charge is 0.465 e. The molecule has 2 atom stereocenters. The van der Waals surface area contributed by atoms with Crippen molar-refractivity contribution in [3.63, 3.8) is 0 Å². The molecule has 0 heterocycles. The van der Waals surface area contributed by atoms with Crippen LogP contribution in [0.2, 0.25) is 0 Å². The lowest BCUT2D eigenvalue weighted by Crippen LogP contribution is -2.44. The SMILES string of the molecule is CCOC(=O)[C@H](CCC(=O)N[C@@H](CCl)C(=O)OCC)NCl. The fourth-order valence-corrected chi connectivity index (χ4v) is 1.81. The van der Waals surface area contributed by atoms with Gasteiger partial charge in [-0.15, -0.1) is 11.6 Å². The van der Waals surface area contributed by atoms with Crippen molar-refractivity contribution in [1.29, 1.82) is 0 Å². The van der Waals surface area contributed by atoms with E-state index in [2.05, 4.69) is 10.2 Å². The molecule has 0 saturated heterocycles. The molecule has 0 radical (unpaired) electrons. The van der Waals surface area contributed by atoms with Gasteiger partial charge in [0.2, 0.25) is 5.91 Å². The number of halogens is 2. The van der Waals surface area contributed by atoms with Crippen LogP contribution in [0.4, 0.5) is 0 Å². The van der Waals surface area contributed by atoms with E-state index in [1.165, 1.54) is 0 Å². The van der Waals surface area contributed by atoms with E-state index in [1.54, 1.807) is 13.8 Å². The van der Waals surface area contributed by atoms with E-state index in [0.717, 1.165) is 0 Å². The monoisotopic (exact) mass is 342 g/mol.